The maximum absolute atomic E-state index is 5.83. The Hall–Kier alpha value is -1.20. The number of nitrogens with zero attached hydrogens (tertiary/aromatic N) is 4. The zero-order valence-corrected chi connectivity index (χ0v) is 10.3. The minimum absolute atomic E-state index is 0.234. The molecular weight excluding hydrogens is 240 g/mol. The van der Waals surface area contributed by atoms with Crippen molar-refractivity contribution in [1.29, 1.82) is 0 Å². The summed E-state index contributed by atoms with van der Waals surface area (Å²) in [5.41, 5.74) is 0.738. The van der Waals surface area contributed by atoms with Gasteiger partial charge in [-0.15, -0.1) is 10.2 Å². The molecule has 90 valence electrons. The number of hydrogen-bond acceptors (Lipinski definition) is 4. The fourth-order valence-corrected chi connectivity index (χ4v) is 2.53. The molecule has 2 aromatic rings. The highest BCUT2D eigenvalue weighted by Gasteiger charge is 2.31. The first-order valence-corrected chi connectivity index (χ1v) is 6.15. The molecule has 0 spiro atoms. The van der Waals surface area contributed by atoms with Crippen LogP contribution in [-0.2, 0) is 4.74 Å². The van der Waals surface area contributed by atoms with Crippen LogP contribution in [0.25, 0.3) is 5.65 Å². The van der Waals surface area contributed by atoms with Crippen molar-refractivity contribution in [3.05, 3.63) is 23.4 Å². The van der Waals surface area contributed by atoms with Gasteiger partial charge in [0.1, 0.15) is 17.3 Å². The summed E-state index contributed by atoms with van der Waals surface area (Å²) in [5.74, 6) is 1.23. The Labute approximate surface area is 104 Å². The van der Waals surface area contributed by atoms with E-state index in [-0.39, 0.29) is 6.10 Å². The highest BCUT2D eigenvalue weighted by molar-refractivity contribution is 6.29. The number of halogens is 1. The second-order valence-corrected chi connectivity index (χ2v) is 4.60. The average molecular weight is 253 g/mol. The van der Waals surface area contributed by atoms with Gasteiger partial charge in [0.15, 0.2) is 5.65 Å². The van der Waals surface area contributed by atoms with Crippen LogP contribution >= 0.6 is 11.6 Å². The van der Waals surface area contributed by atoms with Gasteiger partial charge in [0.25, 0.3) is 0 Å². The van der Waals surface area contributed by atoms with E-state index in [4.69, 9.17) is 16.3 Å². The molecule has 17 heavy (non-hydrogen) atoms. The van der Waals surface area contributed by atoms with Crippen LogP contribution in [-0.4, -0.2) is 32.3 Å². The first-order valence-electron chi connectivity index (χ1n) is 5.77. The summed E-state index contributed by atoms with van der Waals surface area (Å²) in [6.07, 6.45) is 3.89. The maximum atomic E-state index is 5.83. The van der Waals surface area contributed by atoms with Crippen molar-refractivity contribution in [1.82, 2.24) is 19.6 Å². The predicted molar refractivity (Wildman–Crippen MR) is 63.2 cm³/mol. The molecule has 5 nitrogen and oxygen atoms in total. The Kier molecular flexibility index (Phi) is 2.72. The minimum Gasteiger partial charge on any atom is -0.377 e. The van der Waals surface area contributed by atoms with Crippen molar-refractivity contribution >= 4 is 17.2 Å². The fourth-order valence-electron chi connectivity index (χ4n) is 2.39. The van der Waals surface area contributed by atoms with E-state index < -0.39 is 0 Å². The topological polar surface area (TPSA) is 52.3 Å². The smallest absolute Gasteiger partial charge is 0.165 e. The fraction of sp³-hybridized carbons (Fsp3) is 0.545. The molecule has 2 atom stereocenters. The van der Waals surface area contributed by atoms with Crippen LogP contribution in [0.2, 0.25) is 5.15 Å². The van der Waals surface area contributed by atoms with Crippen LogP contribution in [0.5, 0.6) is 0 Å². The number of hydrogen-bond donors (Lipinski definition) is 0. The molecule has 0 amide bonds. The lowest BCUT2D eigenvalue weighted by Crippen LogP contribution is -2.15. The van der Waals surface area contributed by atoms with Crippen LogP contribution in [0.3, 0.4) is 0 Å². The molecule has 3 rings (SSSR count). The quantitative estimate of drug-likeness (QED) is 0.768. The SMILES string of the molecule is CCC1OCCC1c1nnc2cc(Cl)ncn12. The summed E-state index contributed by atoms with van der Waals surface area (Å²) in [5, 5.41) is 8.81. The molecule has 0 aromatic carbocycles. The molecule has 0 bridgehead atoms. The van der Waals surface area contributed by atoms with Gasteiger partial charge in [-0.05, 0) is 12.8 Å². The van der Waals surface area contributed by atoms with Crippen molar-refractivity contribution in [3.63, 3.8) is 0 Å². The van der Waals surface area contributed by atoms with Crippen LogP contribution < -0.4 is 0 Å². The zero-order valence-electron chi connectivity index (χ0n) is 9.51. The van der Waals surface area contributed by atoms with Crippen LogP contribution in [0.1, 0.15) is 31.5 Å². The molecule has 1 fully saturated rings. The molecule has 1 aliphatic heterocycles. The summed E-state index contributed by atoms with van der Waals surface area (Å²) < 4.78 is 7.58. The second kappa shape index (κ2) is 4.23. The Balaban J connectivity index is 2.05. The van der Waals surface area contributed by atoms with Crippen molar-refractivity contribution in [3.8, 4) is 0 Å². The standard InChI is InChI=1S/C11H13ClN4O/c1-2-8-7(3-4-17-8)11-15-14-10-5-9(12)13-6-16(10)11/h5-8H,2-4H2,1H3. The summed E-state index contributed by atoms with van der Waals surface area (Å²) >= 11 is 5.83. The van der Waals surface area contributed by atoms with Crippen LogP contribution in [0.15, 0.2) is 12.4 Å². The van der Waals surface area contributed by atoms with E-state index >= 15 is 0 Å². The van der Waals surface area contributed by atoms with Gasteiger partial charge in [-0.3, -0.25) is 4.40 Å². The number of rotatable bonds is 2. The highest BCUT2D eigenvalue weighted by Crippen LogP contribution is 2.32. The summed E-state index contributed by atoms with van der Waals surface area (Å²) in [6, 6.07) is 1.72. The number of ether oxygens (including phenoxy) is 1. The molecule has 2 aromatic heterocycles. The van der Waals surface area contributed by atoms with E-state index in [9.17, 15) is 0 Å². The van der Waals surface area contributed by atoms with Gasteiger partial charge in [-0.1, -0.05) is 18.5 Å². The van der Waals surface area contributed by atoms with Crippen LogP contribution in [0.4, 0.5) is 0 Å². The number of fused-ring (bicyclic) bond motifs is 1. The largest absolute Gasteiger partial charge is 0.377 e. The Bertz CT molecular complexity index is 541. The Morgan fingerprint density at radius 1 is 1.53 bits per heavy atom. The van der Waals surface area contributed by atoms with Gasteiger partial charge < -0.3 is 4.74 Å². The van der Waals surface area contributed by atoms with E-state index in [1.807, 2.05) is 4.40 Å². The average Bonchev–Trinajstić information content (AvgIpc) is 2.92. The number of aromatic nitrogens is 4. The summed E-state index contributed by atoms with van der Waals surface area (Å²) in [4.78, 5) is 4.07. The van der Waals surface area contributed by atoms with Gasteiger partial charge >= 0.3 is 0 Å². The van der Waals surface area contributed by atoms with Crippen molar-refractivity contribution < 1.29 is 4.74 Å². The van der Waals surface area contributed by atoms with E-state index in [1.165, 1.54) is 0 Å². The lowest BCUT2D eigenvalue weighted by atomic mass is 9.99. The molecule has 0 saturated carbocycles. The Morgan fingerprint density at radius 3 is 3.24 bits per heavy atom. The molecule has 0 N–H and O–H groups in total. The lowest BCUT2D eigenvalue weighted by molar-refractivity contribution is 0.0992. The van der Waals surface area contributed by atoms with Gasteiger partial charge in [0, 0.05) is 18.6 Å². The van der Waals surface area contributed by atoms with E-state index in [0.29, 0.717) is 11.1 Å². The molecule has 2 unspecified atom stereocenters. The molecule has 1 saturated heterocycles. The first-order chi connectivity index (χ1) is 8.29. The summed E-state index contributed by atoms with van der Waals surface area (Å²) in [6.45, 7) is 2.92. The maximum Gasteiger partial charge on any atom is 0.165 e. The third-order valence-corrected chi connectivity index (χ3v) is 3.44. The highest BCUT2D eigenvalue weighted by atomic mass is 35.5. The molecule has 0 radical (unpaired) electrons. The third-order valence-electron chi connectivity index (χ3n) is 3.24. The summed E-state index contributed by atoms with van der Waals surface area (Å²) in [7, 11) is 0. The molecule has 3 heterocycles. The lowest BCUT2D eigenvalue weighted by Gasteiger charge is -2.14. The van der Waals surface area contributed by atoms with Gasteiger partial charge in [0.05, 0.1) is 6.10 Å². The van der Waals surface area contributed by atoms with Gasteiger partial charge in [-0.25, -0.2) is 4.98 Å². The predicted octanol–water partition coefficient (Wildman–Crippen LogP) is 2.06. The third kappa shape index (κ3) is 1.79. The molecular formula is C11H13ClN4O. The monoisotopic (exact) mass is 252 g/mol. The second-order valence-electron chi connectivity index (χ2n) is 4.21. The zero-order chi connectivity index (χ0) is 11.8. The van der Waals surface area contributed by atoms with Crippen molar-refractivity contribution in [2.24, 2.45) is 0 Å². The van der Waals surface area contributed by atoms with E-state index in [2.05, 4.69) is 22.1 Å². The molecule has 1 aliphatic rings. The minimum atomic E-state index is 0.234. The van der Waals surface area contributed by atoms with Gasteiger partial charge in [-0.2, -0.15) is 0 Å². The van der Waals surface area contributed by atoms with Crippen molar-refractivity contribution in [2.75, 3.05) is 6.61 Å². The Morgan fingerprint density at radius 2 is 2.41 bits per heavy atom. The molecule has 0 aliphatic carbocycles. The van der Waals surface area contributed by atoms with Crippen LogP contribution in [0, 0.1) is 0 Å². The molecule has 6 heteroatoms. The first kappa shape index (κ1) is 10.9. The van der Waals surface area contributed by atoms with Crippen molar-refractivity contribution in [2.45, 2.75) is 31.8 Å². The van der Waals surface area contributed by atoms with E-state index in [1.54, 1.807) is 12.4 Å². The van der Waals surface area contributed by atoms with E-state index in [0.717, 1.165) is 30.9 Å². The normalized spacial score (nSPS) is 24.6. The van der Waals surface area contributed by atoms with Gasteiger partial charge in [0.2, 0.25) is 0 Å².